The number of carboxylic acid groups (broad SMARTS) is 1. The fourth-order valence-electron chi connectivity index (χ4n) is 3.75. The molecule has 3 aromatic rings. The number of aromatic nitrogens is 2. The largest absolute Gasteiger partial charge is 0.478 e. The molecule has 1 atom stereocenters. The lowest BCUT2D eigenvalue weighted by Crippen LogP contribution is -2.39. The summed E-state index contributed by atoms with van der Waals surface area (Å²) in [5, 5.41) is 16.1. The SMILES string of the molecule is O=C(O)c1cccc([C@@H]2CCCN(C(=O)c3ccc(-c4ccn[nH]4)cc3)C2)c1. The third kappa shape index (κ3) is 3.67. The van der Waals surface area contributed by atoms with Gasteiger partial charge in [-0.25, -0.2) is 4.79 Å². The van der Waals surface area contributed by atoms with Gasteiger partial charge in [-0.3, -0.25) is 9.89 Å². The van der Waals surface area contributed by atoms with E-state index in [0.29, 0.717) is 12.1 Å². The topological polar surface area (TPSA) is 86.3 Å². The van der Waals surface area contributed by atoms with Gasteiger partial charge in [0.2, 0.25) is 0 Å². The van der Waals surface area contributed by atoms with Crippen LogP contribution in [-0.2, 0) is 0 Å². The number of carbonyl (C=O) groups is 2. The average molecular weight is 375 g/mol. The first kappa shape index (κ1) is 18.0. The summed E-state index contributed by atoms with van der Waals surface area (Å²) >= 11 is 0. The molecule has 0 spiro atoms. The highest BCUT2D eigenvalue weighted by Gasteiger charge is 2.26. The highest BCUT2D eigenvalue weighted by Crippen LogP contribution is 2.28. The summed E-state index contributed by atoms with van der Waals surface area (Å²) in [6.07, 6.45) is 3.55. The first-order valence-electron chi connectivity index (χ1n) is 9.34. The van der Waals surface area contributed by atoms with Gasteiger partial charge in [0, 0.05) is 30.8 Å². The normalized spacial score (nSPS) is 16.7. The van der Waals surface area contributed by atoms with Crippen molar-refractivity contribution in [1.82, 2.24) is 15.1 Å². The van der Waals surface area contributed by atoms with Crippen molar-refractivity contribution in [2.75, 3.05) is 13.1 Å². The van der Waals surface area contributed by atoms with Gasteiger partial charge in [-0.1, -0.05) is 24.3 Å². The van der Waals surface area contributed by atoms with Gasteiger partial charge >= 0.3 is 5.97 Å². The fraction of sp³-hybridized carbons (Fsp3) is 0.227. The van der Waals surface area contributed by atoms with E-state index >= 15 is 0 Å². The quantitative estimate of drug-likeness (QED) is 0.726. The number of carboxylic acids is 1. The highest BCUT2D eigenvalue weighted by molar-refractivity contribution is 5.94. The van der Waals surface area contributed by atoms with Gasteiger partial charge in [0.15, 0.2) is 0 Å². The van der Waals surface area contributed by atoms with E-state index in [0.717, 1.165) is 36.2 Å². The van der Waals surface area contributed by atoms with E-state index < -0.39 is 5.97 Å². The molecule has 0 saturated carbocycles. The maximum Gasteiger partial charge on any atom is 0.335 e. The molecule has 6 heteroatoms. The highest BCUT2D eigenvalue weighted by atomic mass is 16.4. The Hall–Kier alpha value is -3.41. The molecule has 1 aromatic heterocycles. The van der Waals surface area contributed by atoms with E-state index in [1.807, 2.05) is 41.3 Å². The standard InChI is InChI=1S/C22H21N3O3/c26-21(16-8-6-15(7-9-16)20-10-11-23-24-20)25-12-2-5-19(14-25)17-3-1-4-18(13-17)22(27)28/h1,3-4,6-11,13,19H,2,5,12,14H2,(H,23,24)(H,27,28)/t19-/m1/s1. The van der Waals surface area contributed by atoms with Crippen LogP contribution in [0.25, 0.3) is 11.3 Å². The third-order valence-electron chi connectivity index (χ3n) is 5.26. The van der Waals surface area contributed by atoms with E-state index in [9.17, 15) is 14.7 Å². The average Bonchev–Trinajstić information content (AvgIpc) is 3.28. The Morgan fingerprint density at radius 3 is 2.61 bits per heavy atom. The summed E-state index contributed by atoms with van der Waals surface area (Å²) in [6.45, 7) is 1.32. The van der Waals surface area contributed by atoms with Crippen LogP contribution >= 0.6 is 0 Å². The number of likely N-dealkylation sites (tertiary alicyclic amines) is 1. The summed E-state index contributed by atoms with van der Waals surface area (Å²) in [5.41, 5.74) is 3.82. The van der Waals surface area contributed by atoms with Crippen LogP contribution in [0.1, 0.15) is 45.0 Å². The first-order valence-corrected chi connectivity index (χ1v) is 9.34. The molecule has 2 heterocycles. The molecule has 1 fully saturated rings. The maximum absolute atomic E-state index is 13.0. The number of aromatic amines is 1. The predicted molar refractivity (Wildman–Crippen MR) is 105 cm³/mol. The van der Waals surface area contributed by atoms with Gasteiger partial charge in [0.25, 0.3) is 5.91 Å². The number of piperidine rings is 1. The van der Waals surface area contributed by atoms with E-state index in [-0.39, 0.29) is 17.4 Å². The summed E-state index contributed by atoms with van der Waals surface area (Å²) in [5.74, 6) is -0.764. The Morgan fingerprint density at radius 1 is 1.07 bits per heavy atom. The zero-order chi connectivity index (χ0) is 19.5. The molecule has 4 rings (SSSR count). The zero-order valence-electron chi connectivity index (χ0n) is 15.3. The second-order valence-electron chi connectivity index (χ2n) is 7.07. The minimum atomic E-state index is -0.928. The van der Waals surface area contributed by atoms with Gasteiger partial charge in [-0.15, -0.1) is 0 Å². The maximum atomic E-state index is 13.0. The molecule has 0 unspecified atom stereocenters. The van der Waals surface area contributed by atoms with E-state index in [4.69, 9.17) is 0 Å². The zero-order valence-corrected chi connectivity index (χ0v) is 15.3. The van der Waals surface area contributed by atoms with Crippen LogP contribution < -0.4 is 0 Å². The second kappa shape index (κ2) is 7.68. The van der Waals surface area contributed by atoms with Crippen LogP contribution in [-0.4, -0.2) is 45.2 Å². The van der Waals surface area contributed by atoms with Crippen molar-refractivity contribution >= 4 is 11.9 Å². The molecule has 1 aliphatic heterocycles. The number of aromatic carboxylic acids is 1. The molecule has 142 valence electrons. The number of rotatable bonds is 4. The van der Waals surface area contributed by atoms with E-state index in [1.165, 1.54) is 0 Å². The lowest BCUT2D eigenvalue weighted by atomic mass is 9.89. The molecular weight excluding hydrogens is 354 g/mol. The molecule has 1 aliphatic rings. The minimum Gasteiger partial charge on any atom is -0.478 e. The van der Waals surface area contributed by atoms with Crippen LogP contribution in [0.15, 0.2) is 60.8 Å². The Balaban J connectivity index is 1.49. The lowest BCUT2D eigenvalue weighted by molar-refractivity contribution is 0.0688. The van der Waals surface area contributed by atoms with Crippen LogP contribution in [0.5, 0.6) is 0 Å². The lowest BCUT2D eigenvalue weighted by Gasteiger charge is -2.33. The molecule has 0 radical (unpaired) electrons. The first-order chi connectivity index (χ1) is 13.6. The van der Waals surface area contributed by atoms with Gasteiger partial charge in [-0.05, 0) is 54.3 Å². The molecule has 0 bridgehead atoms. The predicted octanol–water partition coefficient (Wildman–Crippen LogP) is 3.79. The monoisotopic (exact) mass is 375 g/mol. The second-order valence-corrected chi connectivity index (χ2v) is 7.07. The molecule has 1 saturated heterocycles. The third-order valence-corrected chi connectivity index (χ3v) is 5.26. The summed E-state index contributed by atoms with van der Waals surface area (Å²) in [4.78, 5) is 26.1. The van der Waals surface area contributed by atoms with Crippen molar-refractivity contribution in [3.63, 3.8) is 0 Å². The minimum absolute atomic E-state index is 0.00949. The number of nitrogens with zero attached hydrogens (tertiary/aromatic N) is 2. The van der Waals surface area contributed by atoms with Crippen LogP contribution in [0.4, 0.5) is 0 Å². The molecule has 6 nitrogen and oxygen atoms in total. The molecule has 2 aromatic carbocycles. The Kier molecular flexibility index (Phi) is 4.93. The van der Waals surface area contributed by atoms with Crippen molar-refractivity contribution in [3.05, 3.63) is 77.5 Å². The number of H-pyrrole nitrogens is 1. The van der Waals surface area contributed by atoms with E-state index in [1.54, 1.807) is 24.4 Å². The van der Waals surface area contributed by atoms with Gasteiger partial charge < -0.3 is 10.0 Å². The smallest absolute Gasteiger partial charge is 0.335 e. The summed E-state index contributed by atoms with van der Waals surface area (Å²) in [6, 6.07) is 16.4. The Morgan fingerprint density at radius 2 is 1.89 bits per heavy atom. The molecule has 2 N–H and O–H groups in total. The number of hydrogen-bond donors (Lipinski definition) is 2. The van der Waals surface area contributed by atoms with Crippen LogP contribution in [0.3, 0.4) is 0 Å². The van der Waals surface area contributed by atoms with Crippen molar-refractivity contribution in [1.29, 1.82) is 0 Å². The van der Waals surface area contributed by atoms with E-state index in [2.05, 4.69) is 10.2 Å². The van der Waals surface area contributed by atoms with Crippen molar-refractivity contribution in [2.45, 2.75) is 18.8 Å². The summed E-state index contributed by atoms with van der Waals surface area (Å²) in [7, 11) is 0. The van der Waals surface area contributed by atoms with Crippen molar-refractivity contribution in [3.8, 4) is 11.3 Å². The van der Waals surface area contributed by atoms with Crippen molar-refractivity contribution in [2.24, 2.45) is 0 Å². The Bertz CT molecular complexity index is 981. The molecule has 1 amide bonds. The summed E-state index contributed by atoms with van der Waals surface area (Å²) < 4.78 is 0. The fourth-order valence-corrected chi connectivity index (χ4v) is 3.75. The van der Waals surface area contributed by atoms with Crippen LogP contribution in [0, 0.1) is 0 Å². The van der Waals surface area contributed by atoms with Gasteiger partial charge in [0.05, 0.1) is 11.3 Å². The number of nitrogens with one attached hydrogen (secondary N) is 1. The number of carbonyl (C=O) groups excluding carboxylic acids is 1. The Labute approximate surface area is 162 Å². The molecular formula is C22H21N3O3. The number of hydrogen-bond acceptors (Lipinski definition) is 3. The molecule has 0 aliphatic carbocycles. The van der Waals surface area contributed by atoms with Crippen LogP contribution in [0.2, 0.25) is 0 Å². The van der Waals surface area contributed by atoms with Gasteiger partial charge in [-0.2, -0.15) is 5.10 Å². The van der Waals surface area contributed by atoms with Gasteiger partial charge in [0.1, 0.15) is 0 Å². The molecule has 28 heavy (non-hydrogen) atoms. The number of benzene rings is 2. The van der Waals surface area contributed by atoms with Crippen molar-refractivity contribution < 1.29 is 14.7 Å². The number of amides is 1.